The molecule has 1 aromatic heterocycles. The standard InChI is InChI=1S/C9H11F3N2O2/c1-2-6(5-8(15)16)14-4-3-7(13-14)9(10,11)12/h3-4,6H,2,5H2,1H3,(H,15,16). The zero-order valence-corrected chi connectivity index (χ0v) is 8.53. The number of carboxylic acids is 1. The lowest BCUT2D eigenvalue weighted by atomic mass is 10.1. The SMILES string of the molecule is CCC(CC(=O)O)n1ccc(C(F)(F)F)n1. The van der Waals surface area contributed by atoms with E-state index in [1.54, 1.807) is 6.92 Å². The molecule has 1 unspecified atom stereocenters. The summed E-state index contributed by atoms with van der Waals surface area (Å²) >= 11 is 0. The summed E-state index contributed by atoms with van der Waals surface area (Å²) in [6, 6.07) is 0.290. The largest absolute Gasteiger partial charge is 0.481 e. The first-order chi connectivity index (χ1) is 7.34. The van der Waals surface area contributed by atoms with Crippen LogP contribution in [-0.2, 0) is 11.0 Å². The van der Waals surface area contributed by atoms with E-state index in [0.717, 1.165) is 16.9 Å². The Balaban J connectivity index is 2.87. The molecule has 16 heavy (non-hydrogen) atoms. The molecule has 0 saturated heterocycles. The Labute approximate surface area is 89.7 Å². The summed E-state index contributed by atoms with van der Waals surface area (Å²) in [6.45, 7) is 1.70. The second-order valence-electron chi connectivity index (χ2n) is 3.34. The Morgan fingerprint density at radius 2 is 2.25 bits per heavy atom. The number of hydrogen-bond acceptors (Lipinski definition) is 2. The van der Waals surface area contributed by atoms with Crippen LogP contribution < -0.4 is 0 Å². The molecule has 1 rings (SSSR count). The molecule has 1 atom stereocenters. The number of carboxylic acid groups (broad SMARTS) is 1. The fourth-order valence-electron chi connectivity index (χ4n) is 1.32. The Bertz CT molecular complexity index is 373. The number of rotatable bonds is 4. The van der Waals surface area contributed by atoms with E-state index >= 15 is 0 Å². The highest BCUT2D eigenvalue weighted by Crippen LogP contribution is 2.28. The average Bonchev–Trinajstić information content (AvgIpc) is 2.61. The minimum Gasteiger partial charge on any atom is -0.481 e. The molecule has 1 N–H and O–H groups in total. The number of nitrogens with zero attached hydrogens (tertiary/aromatic N) is 2. The Kier molecular flexibility index (Phi) is 3.56. The van der Waals surface area contributed by atoms with Crippen molar-refractivity contribution in [2.75, 3.05) is 0 Å². The van der Waals surface area contributed by atoms with Crippen LogP contribution in [0.25, 0.3) is 0 Å². The lowest BCUT2D eigenvalue weighted by molar-refractivity contribution is -0.141. The van der Waals surface area contributed by atoms with Crippen LogP contribution in [0.15, 0.2) is 12.3 Å². The maximum Gasteiger partial charge on any atom is 0.435 e. The van der Waals surface area contributed by atoms with Gasteiger partial charge in [0.2, 0.25) is 0 Å². The van der Waals surface area contributed by atoms with Crippen molar-refractivity contribution in [1.82, 2.24) is 9.78 Å². The van der Waals surface area contributed by atoms with Gasteiger partial charge in [-0.1, -0.05) is 6.92 Å². The van der Waals surface area contributed by atoms with Crippen LogP contribution in [0.1, 0.15) is 31.5 Å². The number of carbonyl (C=O) groups is 1. The lowest BCUT2D eigenvalue weighted by Crippen LogP contribution is -2.15. The van der Waals surface area contributed by atoms with Crippen LogP contribution >= 0.6 is 0 Å². The molecule has 0 amide bonds. The zero-order chi connectivity index (χ0) is 12.3. The highest BCUT2D eigenvalue weighted by Gasteiger charge is 2.34. The predicted octanol–water partition coefficient (Wildman–Crippen LogP) is 2.33. The minimum absolute atomic E-state index is 0.241. The fraction of sp³-hybridized carbons (Fsp3) is 0.556. The molecule has 0 aliphatic heterocycles. The maximum absolute atomic E-state index is 12.2. The molecule has 0 aliphatic rings. The van der Waals surface area contributed by atoms with Gasteiger partial charge in [-0.2, -0.15) is 18.3 Å². The van der Waals surface area contributed by atoms with E-state index in [-0.39, 0.29) is 6.42 Å². The molecule has 0 radical (unpaired) electrons. The number of aromatic nitrogens is 2. The fourth-order valence-corrected chi connectivity index (χ4v) is 1.32. The van der Waals surface area contributed by atoms with Crippen molar-refractivity contribution < 1.29 is 23.1 Å². The Hall–Kier alpha value is -1.53. The van der Waals surface area contributed by atoms with Gasteiger partial charge in [-0.3, -0.25) is 9.48 Å². The highest BCUT2D eigenvalue weighted by atomic mass is 19.4. The van der Waals surface area contributed by atoms with E-state index in [4.69, 9.17) is 5.11 Å². The van der Waals surface area contributed by atoms with Gasteiger partial charge in [-0.25, -0.2) is 0 Å². The summed E-state index contributed by atoms with van der Waals surface area (Å²) in [6.07, 6.45) is -3.17. The van der Waals surface area contributed by atoms with Crippen molar-refractivity contribution in [1.29, 1.82) is 0 Å². The van der Waals surface area contributed by atoms with Crippen molar-refractivity contribution in [3.05, 3.63) is 18.0 Å². The van der Waals surface area contributed by atoms with Crippen molar-refractivity contribution >= 4 is 5.97 Å². The second-order valence-corrected chi connectivity index (χ2v) is 3.34. The van der Waals surface area contributed by atoms with Crippen molar-refractivity contribution in [2.45, 2.75) is 32.0 Å². The van der Waals surface area contributed by atoms with E-state index in [1.807, 2.05) is 0 Å². The van der Waals surface area contributed by atoms with E-state index in [9.17, 15) is 18.0 Å². The summed E-state index contributed by atoms with van der Waals surface area (Å²) in [5, 5.41) is 11.9. The molecule has 90 valence electrons. The molecule has 0 fully saturated rings. The van der Waals surface area contributed by atoms with Gasteiger partial charge >= 0.3 is 12.1 Å². The van der Waals surface area contributed by atoms with E-state index in [1.165, 1.54) is 0 Å². The van der Waals surface area contributed by atoms with E-state index in [0.29, 0.717) is 6.42 Å². The van der Waals surface area contributed by atoms with Crippen LogP contribution in [0, 0.1) is 0 Å². The molecule has 0 bridgehead atoms. The van der Waals surface area contributed by atoms with Gasteiger partial charge in [0.05, 0.1) is 12.5 Å². The summed E-state index contributed by atoms with van der Waals surface area (Å²) < 4.78 is 37.8. The first-order valence-corrected chi connectivity index (χ1v) is 4.68. The summed E-state index contributed by atoms with van der Waals surface area (Å²) in [7, 11) is 0. The van der Waals surface area contributed by atoms with Crippen LogP contribution in [-0.4, -0.2) is 20.9 Å². The number of aliphatic carboxylic acids is 1. The van der Waals surface area contributed by atoms with Gasteiger partial charge in [0.15, 0.2) is 5.69 Å². The first-order valence-electron chi connectivity index (χ1n) is 4.68. The molecule has 1 heterocycles. The van der Waals surface area contributed by atoms with Crippen molar-refractivity contribution in [3.63, 3.8) is 0 Å². The highest BCUT2D eigenvalue weighted by molar-refractivity contribution is 5.67. The molecule has 0 saturated carbocycles. The van der Waals surface area contributed by atoms with Gasteiger partial charge in [-0.15, -0.1) is 0 Å². The van der Waals surface area contributed by atoms with Crippen LogP contribution in [0.4, 0.5) is 13.2 Å². The number of alkyl halides is 3. The molecular formula is C9H11F3N2O2. The molecular weight excluding hydrogens is 225 g/mol. The molecule has 0 aromatic carbocycles. The third kappa shape index (κ3) is 2.98. The summed E-state index contributed by atoms with van der Waals surface area (Å²) in [5.41, 5.74) is -1.00. The maximum atomic E-state index is 12.2. The van der Waals surface area contributed by atoms with Crippen LogP contribution in [0.2, 0.25) is 0 Å². The van der Waals surface area contributed by atoms with Gasteiger partial charge in [0.1, 0.15) is 0 Å². The molecule has 1 aromatic rings. The third-order valence-electron chi connectivity index (χ3n) is 2.15. The predicted molar refractivity (Wildman–Crippen MR) is 48.8 cm³/mol. The van der Waals surface area contributed by atoms with Crippen LogP contribution in [0.3, 0.4) is 0 Å². The monoisotopic (exact) mass is 236 g/mol. The molecule has 0 spiro atoms. The topological polar surface area (TPSA) is 55.1 Å². The van der Waals surface area contributed by atoms with E-state index < -0.39 is 23.9 Å². The van der Waals surface area contributed by atoms with Crippen LogP contribution in [0.5, 0.6) is 0 Å². The molecule has 7 heteroatoms. The minimum atomic E-state index is -4.49. The number of halogens is 3. The number of hydrogen-bond donors (Lipinski definition) is 1. The Morgan fingerprint density at radius 1 is 1.62 bits per heavy atom. The van der Waals surface area contributed by atoms with Gasteiger partial charge < -0.3 is 5.11 Å². The van der Waals surface area contributed by atoms with Gasteiger partial charge in [-0.05, 0) is 12.5 Å². The normalized spacial score (nSPS) is 13.8. The van der Waals surface area contributed by atoms with Crippen molar-refractivity contribution in [3.8, 4) is 0 Å². The Morgan fingerprint density at radius 3 is 2.62 bits per heavy atom. The molecule has 4 nitrogen and oxygen atoms in total. The van der Waals surface area contributed by atoms with Gasteiger partial charge in [0, 0.05) is 6.20 Å². The zero-order valence-electron chi connectivity index (χ0n) is 8.53. The third-order valence-corrected chi connectivity index (χ3v) is 2.15. The van der Waals surface area contributed by atoms with E-state index in [2.05, 4.69) is 5.10 Å². The van der Waals surface area contributed by atoms with Gasteiger partial charge in [0.25, 0.3) is 0 Å². The van der Waals surface area contributed by atoms with Crippen molar-refractivity contribution in [2.24, 2.45) is 0 Å². The average molecular weight is 236 g/mol. The summed E-state index contributed by atoms with van der Waals surface area (Å²) in [5.74, 6) is -1.06. The lowest BCUT2D eigenvalue weighted by Gasteiger charge is -2.12. The first kappa shape index (κ1) is 12.5. The quantitative estimate of drug-likeness (QED) is 0.872. The molecule has 0 aliphatic carbocycles. The summed E-state index contributed by atoms with van der Waals surface area (Å²) in [4.78, 5) is 10.5. The second kappa shape index (κ2) is 4.54. The smallest absolute Gasteiger partial charge is 0.435 e.